The molecule has 0 aromatic rings. The van der Waals surface area contributed by atoms with Gasteiger partial charge in [0.15, 0.2) is 0 Å². The molecule has 4 N–H and O–H groups in total. The summed E-state index contributed by atoms with van der Waals surface area (Å²) in [6.45, 7) is 0. The van der Waals surface area contributed by atoms with Gasteiger partial charge in [-0.25, -0.2) is 4.79 Å². The highest BCUT2D eigenvalue weighted by atomic mass is 16.3. The maximum atomic E-state index is 10.7. The maximum Gasteiger partial charge on any atom is 0.312 e. The second-order valence-corrected chi connectivity index (χ2v) is 4.17. The number of hydrogen-bond acceptors (Lipinski definition) is 2. The number of nitrogens with two attached hydrogens (primary N) is 1. The van der Waals surface area contributed by atoms with E-state index in [9.17, 15) is 9.90 Å². The van der Waals surface area contributed by atoms with Gasteiger partial charge in [0.05, 0.1) is 5.60 Å². The van der Waals surface area contributed by atoms with Crippen LogP contribution in [0.1, 0.15) is 32.1 Å². The Morgan fingerprint density at radius 3 is 2.25 bits per heavy atom. The molecule has 2 saturated carbocycles. The molecule has 0 unspecified atom stereocenters. The second-order valence-electron chi connectivity index (χ2n) is 4.17. The molecule has 68 valence electrons. The molecule has 0 aromatic carbocycles. The van der Waals surface area contributed by atoms with Crippen LogP contribution in [0.25, 0.3) is 0 Å². The third-order valence-electron chi connectivity index (χ3n) is 3.19. The normalized spacial score (nSPS) is 44.8. The number of nitrogens with one attached hydrogen (secondary N) is 1. The molecule has 0 spiro atoms. The van der Waals surface area contributed by atoms with Gasteiger partial charge in [-0.1, -0.05) is 0 Å². The Bertz CT molecular complexity index is 219. The van der Waals surface area contributed by atoms with Crippen molar-refractivity contribution in [2.24, 2.45) is 5.73 Å². The molecule has 12 heavy (non-hydrogen) atoms. The number of fused-ring (bicyclic) bond motifs is 2. The van der Waals surface area contributed by atoms with Crippen molar-refractivity contribution in [1.82, 2.24) is 5.32 Å². The van der Waals surface area contributed by atoms with E-state index in [1.807, 2.05) is 0 Å². The minimum atomic E-state index is -0.511. The summed E-state index contributed by atoms with van der Waals surface area (Å²) in [7, 11) is 0. The summed E-state index contributed by atoms with van der Waals surface area (Å²) >= 11 is 0. The number of urea groups is 1. The van der Waals surface area contributed by atoms with Crippen LogP contribution in [-0.4, -0.2) is 22.3 Å². The lowest BCUT2D eigenvalue weighted by Gasteiger charge is -2.26. The van der Waals surface area contributed by atoms with Crippen LogP contribution in [-0.2, 0) is 0 Å². The molecule has 0 atom stereocenters. The van der Waals surface area contributed by atoms with Crippen LogP contribution in [0, 0.1) is 0 Å². The van der Waals surface area contributed by atoms with Crippen molar-refractivity contribution in [3.05, 3.63) is 0 Å². The molecule has 2 aliphatic rings. The lowest BCUT2D eigenvalue weighted by atomic mass is 9.93. The van der Waals surface area contributed by atoms with Crippen LogP contribution in [0.3, 0.4) is 0 Å². The Hall–Kier alpha value is -0.770. The molecule has 0 saturated heterocycles. The molecule has 2 fully saturated rings. The molecular weight excluding hydrogens is 156 g/mol. The van der Waals surface area contributed by atoms with E-state index in [0.717, 1.165) is 25.7 Å². The van der Waals surface area contributed by atoms with E-state index in [1.165, 1.54) is 0 Å². The van der Waals surface area contributed by atoms with Gasteiger partial charge in [0.25, 0.3) is 0 Å². The first-order valence-corrected chi connectivity index (χ1v) is 4.34. The first-order valence-electron chi connectivity index (χ1n) is 4.34. The Labute approximate surface area is 71.1 Å². The van der Waals surface area contributed by atoms with Crippen molar-refractivity contribution in [3.8, 4) is 0 Å². The summed E-state index contributed by atoms with van der Waals surface area (Å²) in [5, 5.41) is 12.6. The zero-order valence-electron chi connectivity index (χ0n) is 6.97. The van der Waals surface area contributed by atoms with Crippen LogP contribution in [0.4, 0.5) is 4.79 Å². The fourth-order valence-electron chi connectivity index (χ4n) is 2.61. The Morgan fingerprint density at radius 1 is 1.33 bits per heavy atom. The summed E-state index contributed by atoms with van der Waals surface area (Å²) in [4.78, 5) is 10.7. The lowest BCUT2D eigenvalue weighted by Crippen LogP contribution is -2.47. The van der Waals surface area contributed by atoms with Crippen molar-refractivity contribution < 1.29 is 9.90 Å². The number of carbonyl (C=O) groups is 1. The Morgan fingerprint density at radius 2 is 1.92 bits per heavy atom. The standard InChI is InChI=1S/C8H14N2O2/c9-6(11)10-7-1-3-8(12,5-7)4-2-7/h12H,1-5H2,(H3,9,10,11). The van der Waals surface area contributed by atoms with Crippen LogP contribution in [0.5, 0.6) is 0 Å². The summed E-state index contributed by atoms with van der Waals surface area (Å²) in [5.41, 5.74) is 4.37. The number of hydrogen-bond donors (Lipinski definition) is 3. The summed E-state index contributed by atoms with van der Waals surface area (Å²) in [5.74, 6) is 0. The van der Waals surface area contributed by atoms with Gasteiger partial charge in [-0.3, -0.25) is 0 Å². The Balaban J connectivity index is 2.10. The Kier molecular flexibility index (Phi) is 1.39. The first-order chi connectivity index (χ1) is 5.54. The zero-order valence-corrected chi connectivity index (χ0v) is 6.97. The van der Waals surface area contributed by atoms with E-state index in [2.05, 4.69) is 5.32 Å². The van der Waals surface area contributed by atoms with E-state index >= 15 is 0 Å². The summed E-state index contributed by atoms with van der Waals surface area (Å²) in [6, 6.07) is -0.471. The monoisotopic (exact) mass is 170 g/mol. The molecule has 0 aliphatic heterocycles. The third-order valence-corrected chi connectivity index (χ3v) is 3.19. The first kappa shape index (κ1) is 7.86. The molecule has 4 nitrogen and oxygen atoms in total. The van der Waals surface area contributed by atoms with Crippen LogP contribution in [0.15, 0.2) is 0 Å². The van der Waals surface area contributed by atoms with E-state index in [0.29, 0.717) is 6.42 Å². The maximum absolute atomic E-state index is 10.7. The summed E-state index contributed by atoms with van der Waals surface area (Å²) < 4.78 is 0. The lowest BCUT2D eigenvalue weighted by molar-refractivity contribution is 0.0521. The van der Waals surface area contributed by atoms with Gasteiger partial charge >= 0.3 is 6.03 Å². The SMILES string of the molecule is NC(=O)NC12CCC(O)(CC1)C2. The number of carbonyl (C=O) groups excluding carboxylic acids is 1. The number of amides is 2. The predicted octanol–water partition coefficient (Wildman–Crippen LogP) is 0.102. The highest BCUT2D eigenvalue weighted by Crippen LogP contribution is 2.50. The molecule has 2 rings (SSSR count). The minimum absolute atomic E-state index is 0.180. The average molecular weight is 170 g/mol. The van der Waals surface area contributed by atoms with Crippen molar-refractivity contribution in [1.29, 1.82) is 0 Å². The van der Waals surface area contributed by atoms with Gasteiger partial charge in [-0.05, 0) is 32.1 Å². The molecule has 0 radical (unpaired) electrons. The number of aliphatic hydroxyl groups is 1. The van der Waals surface area contributed by atoms with Crippen molar-refractivity contribution >= 4 is 6.03 Å². The summed E-state index contributed by atoms with van der Waals surface area (Å²) in [6.07, 6.45) is 4.02. The topological polar surface area (TPSA) is 75.4 Å². The van der Waals surface area contributed by atoms with Crippen molar-refractivity contribution in [2.45, 2.75) is 43.2 Å². The van der Waals surface area contributed by atoms with Crippen molar-refractivity contribution in [2.75, 3.05) is 0 Å². The quantitative estimate of drug-likeness (QED) is 0.522. The van der Waals surface area contributed by atoms with Crippen molar-refractivity contribution in [3.63, 3.8) is 0 Å². The van der Waals surface area contributed by atoms with Crippen LogP contribution < -0.4 is 11.1 Å². The number of rotatable bonds is 1. The van der Waals surface area contributed by atoms with E-state index in [4.69, 9.17) is 5.73 Å². The van der Waals surface area contributed by atoms with Gasteiger partial charge in [-0.2, -0.15) is 0 Å². The van der Waals surface area contributed by atoms with E-state index in [-0.39, 0.29) is 5.54 Å². The molecule has 0 aromatic heterocycles. The molecule has 0 heterocycles. The van der Waals surface area contributed by atoms with Crippen LogP contribution >= 0.6 is 0 Å². The fraction of sp³-hybridized carbons (Fsp3) is 0.875. The van der Waals surface area contributed by atoms with E-state index in [1.54, 1.807) is 0 Å². The smallest absolute Gasteiger partial charge is 0.312 e. The highest BCUT2D eigenvalue weighted by Gasteiger charge is 2.53. The molecule has 2 bridgehead atoms. The number of primary amides is 1. The average Bonchev–Trinajstić information content (AvgIpc) is 2.39. The predicted molar refractivity (Wildman–Crippen MR) is 43.5 cm³/mol. The third kappa shape index (κ3) is 1.06. The highest BCUT2D eigenvalue weighted by molar-refractivity contribution is 5.72. The van der Waals surface area contributed by atoms with Gasteiger partial charge in [-0.15, -0.1) is 0 Å². The molecule has 4 heteroatoms. The minimum Gasteiger partial charge on any atom is -0.390 e. The van der Waals surface area contributed by atoms with Gasteiger partial charge in [0, 0.05) is 5.54 Å². The van der Waals surface area contributed by atoms with Gasteiger partial charge in [0.1, 0.15) is 0 Å². The van der Waals surface area contributed by atoms with E-state index < -0.39 is 11.6 Å². The fourth-order valence-corrected chi connectivity index (χ4v) is 2.61. The van der Waals surface area contributed by atoms with Gasteiger partial charge in [0.2, 0.25) is 0 Å². The largest absolute Gasteiger partial charge is 0.390 e. The van der Waals surface area contributed by atoms with Crippen LogP contribution in [0.2, 0.25) is 0 Å². The molecule has 2 amide bonds. The molecule has 2 aliphatic carbocycles. The van der Waals surface area contributed by atoms with Gasteiger partial charge < -0.3 is 16.2 Å². The molecular formula is C8H14N2O2. The zero-order chi connectivity index (χ0) is 8.82. The second kappa shape index (κ2) is 2.13.